The molecule has 1 amide bonds. The fourth-order valence-corrected chi connectivity index (χ4v) is 3.13. The lowest BCUT2D eigenvalue weighted by Crippen LogP contribution is -2.39. The number of hydrazone groups is 1. The van der Waals surface area contributed by atoms with Gasteiger partial charge in [-0.1, -0.05) is 24.3 Å². The standard InChI is InChI=1S/C18H19N3O6S/c1-27-16-6-4-3-5-15(16)21(28(2,25)26)12-17(22)20-19-11-13-7-9-14(10-8-13)18(23)24/h3-11H,12H2,1-2H3,(H,20,22)(H,23,24)/b19-11-. The van der Waals surface area contributed by atoms with Gasteiger partial charge in [0.25, 0.3) is 5.91 Å². The topological polar surface area (TPSA) is 125 Å². The highest BCUT2D eigenvalue weighted by molar-refractivity contribution is 7.92. The van der Waals surface area contributed by atoms with Gasteiger partial charge in [0.05, 0.1) is 30.8 Å². The van der Waals surface area contributed by atoms with Gasteiger partial charge in [0.1, 0.15) is 12.3 Å². The Hall–Kier alpha value is -3.40. The summed E-state index contributed by atoms with van der Waals surface area (Å²) in [5, 5.41) is 12.6. The van der Waals surface area contributed by atoms with Gasteiger partial charge in [-0.2, -0.15) is 5.10 Å². The number of carbonyl (C=O) groups excluding carboxylic acids is 1. The van der Waals surface area contributed by atoms with Crippen LogP contribution in [0.3, 0.4) is 0 Å². The fourth-order valence-electron chi connectivity index (χ4n) is 2.27. The maximum atomic E-state index is 12.2. The first-order valence-corrected chi connectivity index (χ1v) is 9.83. The molecule has 0 spiro atoms. The Morgan fingerprint density at radius 2 is 1.82 bits per heavy atom. The number of nitrogens with one attached hydrogen (secondary N) is 1. The molecular formula is C18H19N3O6S. The number of carboxylic acids is 1. The number of aromatic carboxylic acids is 1. The molecule has 9 nitrogen and oxygen atoms in total. The van der Waals surface area contributed by atoms with Crippen molar-refractivity contribution in [1.29, 1.82) is 0 Å². The Morgan fingerprint density at radius 3 is 2.39 bits per heavy atom. The average Bonchev–Trinajstić information content (AvgIpc) is 2.65. The molecule has 0 atom stereocenters. The summed E-state index contributed by atoms with van der Waals surface area (Å²) in [4.78, 5) is 23.0. The smallest absolute Gasteiger partial charge is 0.335 e. The minimum Gasteiger partial charge on any atom is -0.495 e. The van der Waals surface area contributed by atoms with Crippen LogP contribution in [0.2, 0.25) is 0 Å². The van der Waals surface area contributed by atoms with Crippen LogP contribution in [0.4, 0.5) is 5.69 Å². The van der Waals surface area contributed by atoms with Crippen LogP contribution in [0, 0.1) is 0 Å². The van der Waals surface area contributed by atoms with Crippen LogP contribution in [-0.2, 0) is 14.8 Å². The van der Waals surface area contributed by atoms with Crippen LogP contribution >= 0.6 is 0 Å². The number of hydrogen-bond donors (Lipinski definition) is 2. The highest BCUT2D eigenvalue weighted by Crippen LogP contribution is 2.29. The van der Waals surface area contributed by atoms with E-state index in [4.69, 9.17) is 9.84 Å². The predicted molar refractivity (Wildman–Crippen MR) is 104 cm³/mol. The van der Waals surface area contributed by atoms with E-state index in [2.05, 4.69) is 10.5 Å². The summed E-state index contributed by atoms with van der Waals surface area (Å²) >= 11 is 0. The van der Waals surface area contributed by atoms with E-state index in [1.807, 2.05) is 0 Å². The molecule has 0 fully saturated rings. The van der Waals surface area contributed by atoms with Crippen molar-refractivity contribution in [2.24, 2.45) is 5.10 Å². The molecule has 148 valence electrons. The molecule has 0 bridgehead atoms. The number of amides is 1. The van der Waals surface area contributed by atoms with Gasteiger partial charge in [-0.05, 0) is 29.8 Å². The molecule has 28 heavy (non-hydrogen) atoms. The third-order valence-electron chi connectivity index (χ3n) is 3.60. The van der Waals surface area contributed by atoms with E-state index in [1.165, 1.54) is 43.7 Å². The maximum Gasteiger partial charge on any atom is 0.335 e. The Morgan fingerprint density at radius 1 is 1.18 bits per heavy atom. The fraction of sp³-hybridized carbons (Fsp3) is 0.167. The van der Waals surface area contributed by atoms with Crippen molar-refractivity contribution in [3.63, 3.8) is 0 Å². The van der Waals surface area contributed by atoms with Crippen molar-refractivity contribution >= 4 is 33.8 Å². The minimum absolute atomic E-state index is 0.127. The lowest BCUT2D eigenvalue weighted by atomic mass is 10.1. The van der Waals surface area contributed by atoms with Crippen LogP contribution < -0.4 is 14.5 Å². The first kappa shape index (κ1) is 20.9. The van der Waals surface area contributed by atoms with Gasteiger partial charge in [0.15, 0.2) is 0 Å². The number of anilines is 1. The summed E-state index contributed by atoms with van der Waals surface area (Å²) in [5.74, 6) is -1.40. The quantitative estimate of drug-likeness (QED) is 0.504. The van der Waals surface area contributed by atoms with E-state index >= 15 is 0 Å². The molecule has 0 unspecified atom stereocenters. The van der Waals surface area contributed by atoms with Gasteiger partial charge < -0.3 is 9.84 Å². The summed E-state index contributed by atoms with van der Waals surface area (Å²) in [5.41, 5.74) is 3.17. The third-order valence-corrected chi connectivity index (χ3v) is 4.73. The van der Waals surface area contributed by atoms with Gasteiger partial charge in [-0.15, -0.1) is 0 Å². The van der Waals surface area contributed by atoms with E-state index in [1.54, 1.807) is 18.2 Å². The highest BCUT2D eigenvalue weighted by Gasteiger charge is 2.23. The monoisotopic (exact) mass is 405 g/mol. The van der Waals surface area contributed by atoms with Crippen LogP contribution in [-0.4, -0.2) is 51.5 Å². The zero-order valence-corrected chi connectivity index (χ0v) is 16.0. The van der Waals surface area contributed by atoms with Crippen LogP contribution in [0.15, 0.2) is 53.6 Å². The zero-order valence-electron chi connectivity index (χ0n) is 15.2. The Bertz CT molecular complexity index is 987. The first-order valence-electron chi connectivity index (χ1n) is 7.98. The van der Waals surface area contributed by atoms with Crippen molar-refractivity contribution in [2.75, 3.05) is 24.2 Å². The second-order valence-electron chi connectivity index (χ2n) is 5.66. The molecule has 2 aromatic carbocycles. The van der Waals surface area contributed by atoms with Gasteiger partial charge >= 0.3 is 5.97 Å². The highest BCUT2D eigenvalue weighted by atomic mass is 32.2. The zero-order chi connectivity index (χ0) is 20.7. The van der Waals surface area contributed by atoms with Crippen LogP contribution in [0.1, 0.15) is 15.9 Å². The molecular weight excluding hydrogens is 386 g/mol. The summed E-state index contributed by atoms with van der Waals surface area (Å²) in [6.45, 7) is -0.492. The van der Waals surface area contributed by atoms with E-state index in [-0.39, 0.29) is 11.3 Å². The summed E-state index contributed by atoms with van der Waals surface area (Å²) in [6, 6.07) is 12.3. The van der Waals surface area contributed by atoms with Crippen molar-refractivity contribution in [3.8, 4) is 5.75 Å². The second-order valence-corrected chi connectivity index (χ2v) is 7.57. The lowest BCUT2D eigenvalue weighted by Gasteiger charge is -2.23. The number of benzene rings is 2. The van der Waals surface area contributed by atoms with Gasteiger partial charge in [0.2, 0.25) is 10.0 Å². The van der Waals surface area contributed by atoms with E-state index in [0.717, 1.165) is 10.6 Å². The molecule has 0 saturated carbocycles. The molecule has 2 aromatic rings. The van der Waals surface area contributed by atoms with Crippen molar-refractivity contribution in [1.82, 2.24) is 5.43 Å². The molecule has 0 aliphatic rings. The second kappa shape index (κ2) is 9.00. The number of sulfonamides is 1. The Labute approximate surface area is 162 Å². The lowest BCUT2D eigenvalue weighted by molar-refractivity contribution is -0.119. The summed E-state index contributed by atoms with van der Waals surface area (Å²) in [7, 11) is -2.35. The number of methoxy groups -OCH3 is 1. The van der Waals surface area contributed by atoms with Crippen molar-refractivity contribution < 1.29 is 27.9 Å². The van der Waals surface area contributed by atoms with Gasteiger partial charge in [-0.3, -0.25) is 9.10 Å². The number of ether oxygens (including phenoxy) is 1. The maximum absolute atomic E-state index is 12.2. The number of para-hydroxylation sites is 2. The largest absolute Gasteiger partial charge is 0.495 e. The van der Waals surface area contributed by atoms with E-state index < -0.39 is 28.4 Å². The average molecular weight is 405 g/mol. The summed E-state index contributed by atoms with van der Waals surface area (Å²) < 4.78 is 30.3. The Kier molecular flexibility index (Phi) is 6.72. The number of carboxylic acid groups (broad SMARTS) is 1. The van der Waals surface area contributed by atoms with Crippen molar-refractivity contribution in [3.05, 3.63) is 59.7 Å². The SMILES string of the molecule is COc1ccccc1N(CC(=O)N/N=C\c1ccc(C(=O)O)cc1)S(C)(=O)=O. The molecule has 0 saturated heterocycles. The normalized spacial score (nSPS) is 11.2. The van der Waals surface area contributed by atoms with Crippen LogP contribution in [0.25, 0.3) is 0 Å². The minimum atomic E-state index is -3.75. The van der Waals surface area contributed by atoms with Gasteiger partial charge in [0, 0.05) is 0 Å². The molecule has 0 heterocycles. The number of rotatable bonds is 8. The van der Waals surface area contributed by atoms with E-state index in [0.29, 0.717) is 11.3 Å². The molecule has 0 radical (unpaired) electrons. The molecule has 10 heteroatoms. The predicted octanol–water partition coefficient (Wildman–Crippen LogP) is 1.31. The first-order chi connectivity index (χ1) is 13.2. The number of nitrogens with zero attached hydrogens (tertiary/aromatic N) is 2. The summed E-state index contributed by atoms with van der Waals surface area (Å²) in [6.07, 6.45) is 2.30. The molecule has 2 rings (SSSR count). The molecule has 0 aromatic heterocycles. The van der Waals surface area contributed by atoms with Gasteiger partial charge in [-0.25, -0.2) is 18.6 Å². The third kappa shape index (κ3) is 5.55. The Balaban J connectivity index is 2.09. The molecule has 2 N–H and O–H groups in total. The molecule has 0 aliphatic heterocycles. The van der Waals surface area contributed by atoms with Crippen molar-refractivity contribution in [2.45, 2.75) is 0 Å². The number of hydrogen-bond acceptors (Lipinski definition) is 6. The number of carbonyl (C=O) groups is 2. The molecule has 0 aliphatic carbocycles. The van der Waals surface area contributed by atoms with Crippen LogP contribution in [0.5, 0.6) is 5.75 Å². The van der Waals surface area contributed by atoms with E-state index in [9.17, 15) is 18.0 Å².